The van der Waals surface area contributed by atoms with Crippen molar-refractivity contribution in [1.29, 1.82) is 0 Å². The summed E-state index contributed by atoms with van der Waals surface area (Å²) in [5.74, 6) is 0.284. The molecule has 1 aliphatic carbocycles. The van der Waals surface area contributed by atoms with Crippen molar-refractivity contribution in [3.63, 3.8) is 0 Å². The van der Waals surface area contributed by atoms with Gasteiger partial charge in [0.2, 0.25) is 0 Å². The summed E-state index contributed by atoms with van der Waals surface area (Å²) in [5, 5.41) is 14.8. The topological polar surface area (TPSA) is 49.3 Å². The van der Waals surface area contributed by atoms with E-state index >= 15 is 0 Å². The van der Waals surface area contributed by atoms with Gasteiger partial charge in [-0.3, -0.25) is 4.79 Å². The predicted molar refractivity (Wildman–Crippen MR) is 69.6 cm³/mol. The van der Waals surface area contributed by atoms with E-state index in [1.165, 1.54) is 11.3 Å². The third-order valence-corrected chi connectivity index (χ3v) is 4.47. The first-order chi connectivity index (χ1) is 8.16. The molecular weight excluding hydrogens is 258 g/mol. The normalized spacial score (nSPS) is 24.6. The van der Waals surface area contributed by atoms with Gasteiger partial charge in [0, 0.05) is 6.54 Å². The van der Waals surface area contributed by atoms with Gasteiger partial charge in [0.1, 0.15) is 4.88 Å². The Morgan fingerprint density at radius 1 is 1.59 bits per heavy atom. The van der Waals surface area contributed by atoms with E-state index in [9.17, 15) is 9.90 Å². The van der Waals surface area contributed by atoms with Crippen molar-refractivity contribution in [3.05, 3.63) is 21.3 Å². The minimum atomic E-state index is -0.198. The summed E-state index contributed by atoms with van der Waals surface area (Å²) in [4.78, 5) is 12.4. The van der Waals surface area contributed by atoms with E-state index in [2.05, 4.69) is 5.32 Å². The van der Waals surface area contributed by atoms with Crippen molar-refractivity contribution in [1.82, 2.24) is 5.32 Å². The van der Waals surface area contributed by atoms with Gasteiger partial charge in [0.05, 0.1) is 11.1 Å². The Balaban J connectivity index is 1.82. The van der Waals surface area contributed by atoms with Gasteiger partial charge >= 0.3 is 0 Å². The lowest BCUT2D eigenvalue weighted by atomic mass is 9.87. The minimum absolute atomic E-state index is 0.106. The van der Waals surface area contributed by atoms with E-state index in [1.54, 1.807) is 6.07 Å². The van der Waals surface area contributed by atoms with Crippen LogP contribution >= 0.6 is 22.9 Å². The average molecular weight is 274 g/mol. The van der Waals surface area contributed by atoms with Crippen molar-refractivity contribution in [2.24, 2.45) is 5.92 Å². The molecule has 2 unspecified atom stereocenters. The molecule has 2 N–H and O–H groups in total. The second kappa shape index (κ2) is 5.85. The number of carbonyl (C=O) groups excluding carboxylic acids is 1. The molecule has 0 aromatic carbocycles. The van der Waals surface area contributed by atoms with Crippen LogP contribution in [-0.4, -0.2) is 23.7 Å². The van der Waals surface area contributed by atoms with Crippen LogP contribution in [0.1, 0.15) is 35.4 Å². The summed E-state index contributed by atoms with van der Waals surface area (Å²) < 4.78 is 0. The molecule has 0 saturated heterocycles. The van der Waals surface area contributed by atoms with Gasteiger partial charge in [-0.25, -0.2) is 0 Å². The van der Waals surface area contributed by atoms with Crippen molar-refractivity contribution in [2.75, 3.05) is 6.54 Å². The summed E-state index contributed by atoms with van der Waals surface area (Å²) in [6.45, 7) is 0.629. The van der Waals surface area contributed by atoms with Gasteiger partial charge in [-0.1, -0.05) is 18.0 Å². The summed E-state index contributed by atoms with van der Waals surface area (Å²) in [5.41, 5.74) is 0. The first-order valence-electron chi connectivity index (χ1n) is 5.86. The molecule has 2 atom stereocenters. The molecule has 1 saturated carbocycles. The Morgan fingerprint density at radius 3 is 3.06 bits per heavy atom. The second-order valence-corrected chi connectivity index (χ2v) is 5.82. The van der Waals surface area contributed by atoms with Gasteiger partial charge < -0.3 is 10.4 Å². The van der Waals surface area contributed by atoms with E-state index in [4.69, 9.17) is 11.6 Å². The van der Waals surface area contributed by atoms with E-state index in [0.717, 1.165) is 25.7 Å². The average Bonchev–Trinajstić information content (AvgIpc) is 2.72. The SMILES string of the molecule is O=C(NCC1CCCC(O)C1)c1sccc1Cl. The number of nitrogens with one attached hydrogen (secondary N) is 1. The fraction of sp³-hybridized carbons (Fsp3) is 0.583. The maximum absolute atomic E-state index is 11.8. The zero-order chi connectivity index (χ0) is 12.3. The number of rotatable bonds is 3. The van der Waals surface area contributed by atoms with Gasteiger partial charge in [-0.2, -0.15) is 0 Å². The number of hydrogen-bond donors (Lipinski definition) is 2. The summed E-state index contributed by atoms with van der Waals surface area (Å²) >= 11 is 7.24. The van der Waals surface area contributed by atoms with E-state index < -0.39 is 0 Å². The largest absolute Gasteiger partial charge is 0.393 e. The lowest BCUT2D eigenvalue weighted by Crippen LogP contribution is -2.32. The Labute approximate surface area is 110 Å². The van der Waals surface area contributed by atoms with Crippen LogP contribution in [-0.2, 0) is 0 Å². The van der Waals surface area contributed by atoms with Crippen LogP contribution in [0.5, 0.6) is 0 Å². The van der Waals surface area contributed by atoms with Crippen LogP contribution in [0.4, 0.5) is 0 Å². The molecular formula is C12H16ClNO2S. The van der Waals surface area contributed by atoms with Crippen molar-refractivity contribution < 1.29 is 9.90 Å². The Kier molecular flexibility index (Phi) is 4.42. The quantitative estimate of drug-likeness (QED) is 0.890. The third-order valence-electron chi connectivity index (χ3n) is 3.13. The number of halogens is 1. The molecule has 0 spiro atoms. The van der Waals surface area contributed by atoms with Crippen LogP contribution in [0.15, 0.2) is 11.4 Å². The van der Waals surface area contributed by atoms with E-state index in [0.29, 0.717) is 22.4 Å². The van der Waals surface area contributed by atoms with Crippen molar-refractivity contribution in [3.8, 4) is 0 Å². The number of carbonyl (C=O) groups is 1. The maximum atomic E-state index is 11.8. The van der Waals surface area contributed by atoms with E-state index in [1.807, 2.05) is 5.38 Å². The van der Waals surface area contributed by atoms with Gasteiger partial charge in [-0.15, -0.1) is 11.3 Å². The highest BCUT2D eigenvalue weighted by molar-refractivity contribution is 7.12. The zero-order valence-electron chi connectivity index (χ0n) is 9.49. The fourth-order valence-corrected chi connectivity index (χ4v) is 3.28. The lowest BCUT2D eigenvalue weighted by Gasteiger charge is -2.25. The van der Waals surface area contributed by atoms with Crippen LogP contribution in [0.3, 0.4) is 0 Å². The fourth-order valence-electron chi connectivity index (χ4n) is 2.22. The number of aliphatic hydroxyl groups excluding tert-OH is 1. The van der Waals surface area contributed by atoms with Crippen LogP contribution in [0.2, 0.25) is 5.02 Å². The summed E-state index contributed by atoms with van der Waals surface area (Å²) in [7, 11) is 0. The highest BCUT2D eigenvalue weighted by atomic mass is 35.5. The molecule has 0 aliphatic heterocycles. The maximum Gasteiger partial charge on any atom is 0.262 e. The van der Waals surface area contributed by atoms with Crippen molar-refractivity contribution >= 4 is 28.8 Å². The molecule has 1 amide bonds. The van der Waals surface area contributed by atoms with Gasteiger partial charge in [0.15, 0.2) is 0 Å². The van der Waals surface area contributed by atoms with Crippen LogP contribution < -0.4 is 5.32 Å². The standard InChI is InChI=1S/C12H16ClNO2S/c13-10-4-5-17-11(10)12(16)14-7-8-2-1-3-9(15)6-8/h4-5,8-9,15H,1-3,6-7H2,(H,14,16). The van der Waals surface area contributed by atoms with Gasteiger partial charge in [-0.05, 0) is 36.6 Å². The second-order valence-electron chi connectivity index (χ2n) is 4.49. The molecule has 1 aliphatic rings. The molecule has 1 fully saturated rings. The smallest absolute Gasteiger partial charge is 0.262 e. The predicted octanol–water partition coefficient (Wildman–Crippen LogP) is 2.68. The molecule has 17 heavy (non-hydrogen) atoms. The highest BCUT2D eigenvalue weighted by Gasteiger charge is 2.21. The van der Waals surface area contributed by atoms with Crippen LogP contribution in [0.25, 0.3) is 0 Å². The third kappa shape index (κ3) is 3.44. The molecule has 94 valence electrons. The number of thiophene rings is 1. The summed E-state index contributed by atoms with van der Waals surface area (Å²) in [6.07, 6.45) is 3.60. The number of hydrogen-bond acceptors (Lipinski definition) is 3. The Morgan fingerprint density at radius 2 is 2.41 bits per heavy atom. The molecule has 1 aromatic rings. The first-order valence-corrected chi connectivity index (χ1v) is 7.12. The van der Waals surface area contributed by atoms with Crippen molar-refractivity contribution in [2.45, 2.75) is 31.8 Å². The number of amides is 1. The molecule has 3 nitrogen and oxygen atoms in total. The first kappa shape index (κ1) is 12.9. The molecule has 1 aromatic heterocycles. The van der Waals surface area contributed by atoms with Crippen LogP contribution in [0, 0.1) is 5.92 Å². The monoisotopic (exact) mass is 273 g/mol. The molecule has 0 radical (unpaired) electrons. The minimum Gasteiger partial charge on any atom is -0.393 e. The summed E-state index contributed by atoms with van der Waals surface area (Å²) in [6, 6.07) is 1.73. The molecule has 1 heterocycles. The lowest BCUT2D eigenvalue weighted by molar-refractivity contribution is 0.0877. The molecule has 5 heteroatoms. The van der Waals surface area contributed by atoms with Gasteiger partial charge in [0.25, 0.3) is 5.91 Å². The highest BCUT2D eigenvalue weighted by Crippen LogP contribution is 2.24. The molecule has 2 rings (SSSR count). The Bertz CT molecular complexity index is 394. The zero-order valence-corrected chi connectivity index (χ0v) is 11.1. The Hall–Kier alpha value is -0.580. The van der Waals surface area contributed by atoms with E-state index in [-0.39, 0.29) is 12.0 Å². The molecule has 0 bridgehead atoms. The number of aliphatic hydroxyl groups is 1.